The van der Waals surface area contributed by atoms with Gasteiger partial charge >= 0.3 is 11.5 Å². The molecule has 2 aliphatic heterocycles. The van der Waals surface area contributed by atoms with Crippen LogP contribution in [0.5, 0.6) is 5.88 Å². The van der Waals surface area contributed by atoms with E-state index < -0.39 is 0 Å². The van der Waals surface area contributed by atoms with Gasteiger partial charge in [-0.25, -0.2) is 4.57 Å². The lowest BCUT2D eigenvalue weighted by Crippen LogP contribution is -2.55. The number of hydrogen-bond acceptors (Lipinski definition) is 3. The van der Waals surface area contributed by atoms with Crippen LogP contribution in [0.15, 0.2) is 4.79 Å². The van der Waals surface area contributed by atoms with Crippen molar-refractivity contribution < 1.29 is 9.67 Å². The van der Waals surface area contributed by atoms with Gasteiger partial charge in [0.1, 0.15) is 5.56 Å². The lowest BCUT2D eigenvalue weighted by atomic mass is 10.2. The van der Waals surface area contributed by atoms with Gasteiger partial charge in [-0.15, -0.1) is 0 Å². The molecule has 0 radical (unpaired) electrons. The Morgan fingerprint density at radius 3 is 2.81 bits per heavy atom. The molecule has 0 aromatic carbocycles. The van der Waals surface area contributed by atoms with Crippen LogP contribution in [0.4, 0.5) is 5.95 Å². The predicted octanol–water partition coefficient (Wildman–Crippen LogP) is -0.236. The molecular formula is C11H16N3O2+. The highest BCUT2D eigenvalue weighted by Gasteiger charge is 2.35. The van der Waals surface area contributed by atoms with Crippen LogP contribution in [0.3, 0.4) is 0 Å². The second-order valence-electron chi connectivity index (χ2n) is 4.55. The summed E-state index contributed by atoms with van der Waals surface area (Å²) in [5.41, 5.74) is 0.419. The zero-order valence-corrected chi connectivity index (χ0v) is 9.44. The number of hydrogen-bond donors (Lipinski definition) is 1. The van der Waals surface area contributed by atoms with Crippen LogP contribution >= 0.6 is 0 Å². The summed E-state index contributed by atoms with van der Waals surface area (Å²) in [4.78, 5) is 14.2. The Balaban J connectivity index is 2.36. The lowest BCUT2D eigenvalue weighted by Gasteiger charge is -2.30. The molecule has 0 atom stereocenters. The van der Waals surface area contributed by atoms with Crippen LogP contribution in [-0.4, -0.2) is 22.8 Å². The Kier molecular flexibility index (Phi) is 1.96. The summed E-state index contributed by atoms with van der Waals surface area (Å²) in [6.07, 6.45) is 2.04. The number of aromatic hydroxyl groups is 1. The van der Waals surface area contributed by atoms with Crippen molar-refractivity contribution in [1.29, 1.82) is 0 Å². The van der Waals surface area contributed by atoms with Crippen LogP contribution in [0.1, 0.15) is 18.4 Å². The molecule has 3 rings (SSSR count). The van der Waals surface area contributed by atoms with E-state index in [1.807, 2.05) is 4.57 Å². The molecule has 0 saturated heterocycles. The highest BCUT2D eigenvalue weighted by molar-refractivity contribution is 5.32. The summed E-state index contributed by atoms with van der Waals surface area (Å²) in [5.74, 6) is 1.04. The third kappa shape index (κ3) is 1.11. The smallest absolute Gasteiger partial charge is 0.365 e. The van der Waals surface area contributed by atoms with E-state index in [1.54, 1.807) is 11.5 Å². The molecule has 0 spiro atoms. The largest absolute Gasteiger partial charge is 0.483 e. The Labute approximate surface area is 93.5 Å². The molecule has 1 aromatic heterocycles. The monoisotopic (exact) mass is 222 g/mol. The molecule has 0 fully saturated rings. The first-order valence-corrected chi connectivity index (χ1v) is 5.81. The van der Waals surface area contributed by atoms with Gasteiger partial charge in [-0.1, -0.05) is 0 Å². The predicted molar refractivity (Wildman–Crippen MR) is 58.7 cm³/mol. The highest BCUT2D eigenvalue weighted by Crippen LogP contribution is 2.22. The molecular weight excluding hydrogens is 206 g/mol. The minimum absolute atomic E-state index is 0.0460. The van der Waals surface area contributed by atoms with Crippen molar-refractivity contribution in [3.05, 3.63) is 15.9 Å². The van der Waals surface area contributed by atoms with Crippen molar-refractivity contribution in [1.82, 2.24) is 4.57 Å². The topological polar surface area (TPSA) is 49.4 Å². The first-order chi connectivity index (χ1) is 7.70. The van der Waals surface area contributed by atoms with E-state index in [9.17, 15) is 9.90 Å². The zero-order chi connectivity index (χ0) is 11.3. The molecule has 5 heteroatoms. The fourth-order valence-corrected chi connectivity index (χ4v) is 2.73. The van der Waals surface area contributed by atoms with Crippen LogP contribution < -0.4 is 15.0 Å². The fraction of sp³-hybridized carbons (Fsp3) is 0.636. The van der Waals surface area contributed by atoms with E-state index in [1.165, 1.54) is 0 Å². The van der Waals surface area contributed by atoms with Crippen molar-refractivity contribution in [2.24, 2.45) is 0 Å². The van der Waals surface area contributed by atoms with Crippen molar-refractivity contribution in [2.45, 2.75) is 32.9 Å². The minimum Gasteiger partial charge on any atom is -0.483 e. The summed E-state index contributed by atoms with van der Waals surface area (Å²) in [7, 11) is 0. The second-order valence-corrected chi connectivity index (χ2v) is 4.55. The van der Waals surface area contributed by atoms with Crippen molar-refractivity contribution in [3.8, 4) is 5.88 Å². The average molecular weight is 222 g/mol. The van der Waals surface area contributed by atoms with Crippen LogP contribution in [0.2, 0.25) is 0 Å². The Bertz CT molecular complexity index is 505. The first kappa shape index (κ1) is 9.69. The molecule has 5 nitrogen and oxygen atoms in total. The molecule has 86 valence electrons. The molecule has 0 amide bonds. The summed E-state index contributed by atoms with van der Waals surface area (Å²) in [6, 6.07) is 0. The van der Waals surface area contributed by atoms with E-state index in [0.29, 0.717) is 5.56 Å². The van der Waals surface area contributed by atoms with Gasteiger partial charge in [0.15, 0.2) is 0 Å². The van der Waals surface area contributed by atoms with Gasteiger partial charge in [0.2, 0.25) is 0 Å². The van der Waals surface area contributed by atoms with Gasteiger partial charge in [-0.3, -0.25) is 9.69 Å². The van der Waals surface area contributed by atoms with Crippen molar-refractivity contribution >= 4 is 5.95 Å². The summed E-state index contributed by atoms with van der Waals surface area (Å²) in [5, 5.41) is 10.0. The van der Waals surface area contributed by atoms with Gasteiger partial charge in [0, 0.05) is 12.8 Å². The van der Waals surface area contributed by atoms with Crippen molar-refractivity contribution in [3.63, 3.8) is 0 Å². The first-order valence-electron chi connectivity index (χ1n) is 5.81. The molecule has 0 aliphatic carbocycles. The maximum absolute atomic E-state index is 12.0. The lowest BCUT2D eigenvalue weighted by molar-refractivity contribution is -0.698. The molecule has 1 N–H and O–H groups in total. The summed E-state index contributed by atoms with van der Waals surface area (Å²) in [6.45, 7) is 5.25. The molecule has 2 aliphatic rings. The van der Waals surface area contributed by atoms with Gasteiger partial charge in [0.05, 0.1) is 26.2 Å². The van der Waals surface area contributed by atoms with Crippen LogP contribution in [-0.2, 0) is 13.1 Å². The quantitative estimate of drug-likeness (QED) is 0.617. The maximum Gasteiger partial charge on any atom is 0.365 e. The third-order valence-corrected chi connectivity index (χ3v) is 3.54. The van der Waals surface area contributed by atoms with Crippen LogP contribution in [0, 0.1) is 6.92 Å². The molecule has 3 heterocycles. The van der Waals surface area contributed by atoms with E-state index in [-0.39, 0.29) is 11.4 Å². The number of anilines is 1. The SMILES string of the molecule is Cc1c(O)[n+]2c3n(c1=O)CCCN3CCC2. The molecule has 1 aromatic rings. The van der Waals surface area contributed by atoms with Crippen molar-refractivity contribution in [2.75, 3.05) is 18.0 Å². The second kappa shape index (κ2) is 3.23. The average Bonchev–Trinajstić information content (AvgIpc) is 2.33. The summed E-state index contributed by atoms with van der Waals surface area (Å²) < 4.78 is 3.68. The van der Waals surface area contributed by atoms with Gasteiger partial charge in [-0.05, 0) is 6.92 Å². The maximum atomic E-state index is 12.0. The number of aromatic nitrogens is 2. The third-order valence-electron chi connectivity index (χ3n) is 3.54. The van der Waals surface area contributed by atoms with E-state index >= 15 is 0 Å². The molecule has 0 saturated carbocycles. The van der Waals surface area contributed by atoms with Gasteiger partial charge in [0.25, 0.3) is 5.88 Å². The minimum atomic E-state index is -0.0460. The molecule has 0 bridgehead atoms. The number of nitrogens with zero attached hydrogens (tertiary/aromatic N) is 3. The van der Waals surface area contributed by atoms with Gasteiger partial charge < -0.3 is 5.11 Å². The summed E-state index contributed by atoms with van der Waals surface area (Å²) >= 11 is 0. The highest BCUT2D eigenvalue weighted by atomic mass is 16.3. The van der Waals surface area contributed by atoms with E-state index in [2.05, 4.69) is 4.90 Å². The zero-order valence-electron chi connectivity index (χ0n) is 9.44. The molecule has 0 unspecified atom stereocenters. The standard InChI is InChI=1S/C11H15N3O2/c1-8-9(15)13-6-2-4-12-5-3-7-14(10(8)16)11(12)13/h2-7H2,1H3/p+1. The van der Waals surface area contributed by atoms with E-state index in [0.717, 1.165) is 45.0 Å². The van der Waals surface area contributed by atoms with E-state index in [4.69, 9.17) is 0 Å². The normalized spacial score (nSPS) is 18.4. The van der Waals surface area contributed by atoms with Gasteiger partial charge in [-0.2, -0.15) is 4.57 Å². The Morgan fingerprint density at radius 2 is 2.00 bits per heavy atom. The Morgan fingerprint density at radius 1 is 1.25 bits per heavy atom. The Hall–Kier alpha value is -1.52. The fourth-order valence-electron chi connectivity index (χ4n) is 2.73. The number of rotatable bonds is 0. The molecule has 16 heavy (non-hydrogen) atoms. The van der Waals surface area contributed by atoms with Crippen LogP contribution in [0.25, 0.3) is 0 Å².